The van der Waals surface area contributed by atoms with Crippen LogP contribution < -0.4 is 21.9 Å². The Morgan fingerprint density at radius 2 is 1.67 bits per heavy atom. The van der Waals surface area contributed by atoms with Gasteiger partial charge in [-0.2, -0.15) is 4.31 Å². The third-order valence-corrected chi connectivity index (χ3v) is 7.03. The number of amides is 4. The van der Waals surface area contributed by atoms with E-state index in [1.165, 1.54) is 28.6 Å². The van der Waals surface area contributed by atoms with Gasteiger partial charge in [-0.25, -0.2) is 13.2 Å². The van der Waals surface area contributed by atoms with Gasteiger partial charge in [0, 0.05) is 23.7 Å². The predicted molar refractivity (Wildman–Crippen MR) is 124 cm³/mol. The zero-order valence-electron chi connectivity index (χ0n) is 18.2. The van der Waals surface area contributed by atoms with Crippen molar-refractivity contribution in [3.8, 4) is 0 Å². The SMILES string of the molecule is CCN(CC)S(=O)(=O)c1cccc(C(=O)NNC(=O)C[C@H](NC(N)=O)c2ccc(Cl)cc2)c1. The number of carbonyl (C=O) groups is 3. The zero-order chi connectivity index (χ0) is 24.6. The topological polar surface area (TPSA) is 151 Å². The summed E-state index contributed by atoms with van der Waals surface area (Å²) in [5.74, 6) is -1.31. The highest BCUT2D eigenvalue weighted by atomic mass is 35.5. The van der Waals surface area contributed by atoms with Crippen molar-refractivity contribution in [1.29, 1.82) is 0 Å². The van der Waals surface area contributed by atoms with Crippen molar-refractivity contribution in [2.45, 2.75) is 31.2 Å². The maximum Gasteiger partial charge on any atom is 0.312 e. The molecular formula is C21H26ClN5O5S. The summed E-state index contributed by atoms with van der Waals surface area (Å²) in [5.41, 5.74) is 10.3. The summed E-state index contributed by atoms with van der Waals surface area (Å²) < 4.78 is 26.6. The number of sulfonamides is 1. The number of nitrogens with one attached hydrogen (secondary N) is 3. The molecule has 0 fully saturated rings. The number of rotatable bonds is 9. The first-order valence-electron chi connectivity index (χ1n) is 10.1. The highest BCUT2D eigenvalue weighted by Gasteiger charge is 2.23. The van der Waals surface area contributed by atoms with Gasteiger partial charge in [-0.15, -0.1) is 0 Å². The largest absolute Gasteiger partial charge is 0.352 e. The Kier molecular flexibility index (Phi) is 9.21. The van der Waals surface area contributed by atoms with Crippen LogP contribution in [0.1, 0.15) is 42.2 Å². The fourth-order valence-corrected chi connectivity index (χ4v) is 4.69. The minimum absolute atomic E-state index is 0.0290. The zero-order valence-corrected chi connectivity index (χ0v) is 19.7. The van der Waals surface area contributed by atoms with Crippen molar-refractivity contribution in [3.05, 3.63) is 64.7 Å². The highest BCUT2D eigenvalue weighted by molar-refractivity contribution is 7.89. The number of carbonyl (C=O) groups excluding carboxylic acids is 3. The highest BCUT2D eigenvalue weighted by Crippen LogP contribution is 2.20. The molecule has 2 rings (SSSR count). The van der Waals surface area contributed by atoms with E-state index in [1.807, 2.05) is 0 Å². The molecule has 0 bridgehead atoms. The third kappa shape index (κ3) is 7.17. The summed E-state index contributed by atoms with van der Waals surface area (Å²) in [6.45, 7) is 4.02. The average molecular weight is 496 g/mol. The van der Waals surface area contributed by atoms with Crippen LogP contribution in [0.4, 0.5) is 4.79 Å². The van der Waals surface area contributed by atoms with Gasteiger partial charge in [0.2, 0.25) is 15.9 Å². The summed E-state index contributed by atoms with van der Waals surface area (Å²) in [7, 11) is -3.75. The molecule has 0 aromatic heterocycles. The fraction of sp³-hybridized carbons (Fsp3) is 0.286. The van der Waals surface area contributed by atoms with Crippen LogP contribution in [0.5, 0.6) is 0 Å². The first-order chi connectivity index (χ1) is 15.6. The van der Waals surface area contributed by atoms with E-state index in [-0.39, 0.29) is 16.9 Å². The van der Waals surface area contributed by atoms with E-state index in [2.05, 4.69) is 16.2 Å². The van der Waals surface area contributed by atoms with E-state index in [0.717, 1.165) is 0 Å². The Morgan fingerprint density at radius 3 is 2.24 bits per heavy atom. The molecule has 10 nitrogen and oxygen atoms in total. The molecule has 0 unspecified atom stereocenters. The van der Waals surface area contributed by atoms with E-state index >= 15 is 0 Å². The predicted octanol–water partition coefficient (Wildman–Crippen LogP) is 1.93. The van der Waals surface area contributed by atoms with Gasteiger partial charge in [-0.3, -0.25) is 20.4 Å². The minimum Gasteiger partial charge on any atom is -0.352 e. The molecule has 2 aromatic carbocycles. The first-order valence-corrected chi connectivity index (χ1v) is 11.9. The van der Waals surface area contributed by atoms with Gasteiger partial charge in [0.1, 0.15) is 0 Å². The van der Waals surface area contributed by atoms with E-state index in [4.69, 9.17) is 17.3 Å². The van der Waals surface area contributed by atoms with E-state index < -0.39 is 33.9 Å². The second-order valence-corrected chi connectivity index (χ2v) is 9.31. The lowest BCUT2D eigenvalue weighted by molar-refractivity contribution is -0.122. The van der Waals surface area contributed by atoms with Crippen LogP contribution in [-0.2, 0) is 14.8 Å². The Labute approximate surface area is 197 Å². The van der Waals surface area contributed by atoms with E-state index in [9.17, 15) is 22.8 Å². The van der Waals surface area contributed by atoms with E-state index in [1.54, 1.807) is 38.1 Å². The molecule has 0 aliphatic rings. The molecule has 0 saturated carbocycles. The number of hydrazine groups is 1. The molecule has 33 heavy (non-hydrogen) atoms. The first kappa shape index (κ1) is 26.1. The second kappa shape index (κ2) is 11.6. The van der Waals surface area contributed by atoms with Gasteiger partial charge in [0.25, 0.3) is 5.91 Å². The quantitative estimate of drug-likeness (QED) is 0.392. The molecule has 12 heteroatoms. The smallest absolute Gasteiger partial charge is 0.312 e. The molecular weight excluding hydrogens is 470 g/mol. The molecule has 0 saturated heterocycles. The monoisotopic (exact) mass is 495 g/mol. The summed E-state index contributed by atoms with van der Waals surface area (Å²) in [4.78, 5) is 36.1. The number of hydrogen-bond donors (Lipinski definition) is 4. The second-order valence-electron chi connectivity index (χ2n) is 6.94. The van der Waals surface area contributed by atoms with Gasteiger partial charge < -0.3 is 11.1 Å². The molecule has 0 heterocycles. The van der Waals surface area contributed by atoms with Gasteiger partial charge >= 0.3 is 6.03 Å². The van der Waals surface area contributed by atoms with Crippen molar-refractivity contribution in [1.82, 2.24) is 20.5 Å². The fourth-order valence-electron chi connectivity index (χ4n) is 3.06. The molecule has 0 spiro atoms. The normalized spacial score (nSPS) is 12.1. The summed E-state index contributed by atoms with van der Waals surface area (Å²) in [6.07, 6.45) is -0.221. The molecule has 0 aliphatic carbocycles. The minimum atomic E-state index is -3.75. The molecule has 2 aromatic rings. The third-order valence-electron chi connectivity index (χ3n) is 4.73. The van der Waals surface area contributed by atoms with Crippen LogP contribution in [-0.4, -0.2) is 43.7 Å². The Hall–Kier alpha value is -3.15. The number of urea groups is 1. The Balaban J connectivity index is 2.06. The van der Waals surface area contributed by atoms with Gasteiger partial charge in [0.15, 0.2) is 0 Å². The van der Waals surface area contributed by atoms with Crippen molar-refractivity contribution in [3.63, 3.8) is 0 Å². The van der Waals surface area contributed by atoms with Crippen molar-refractivity contribution >= 4 is 39.5 Å². The number of primary amides is 1. The molecule has 0 aliphatic heterocycles. The summed E-state index contributed by atoms with van der Waals surface area (Å²) in [6, 6.07) is 10.4. The lowest BCUT2D eigenvalue weighted by Gasteiger charge is -2.19. The van der Waals surface area contributed by atoms with E-state index in [0.29, 0.717) is 23.7 Å². The number of nitrogens with two attached hydrogens (primary N) is 1. The maximum atomic E-state index is 12.7. The average Bonchev–Trinajstić information content (AvgIpc) is 2.78. The lowest BCUT2D eigenvalue weighted by atomic mass is 10.0. The molecule has 178 valence electrons. The van der Waals surface area contributed by atoms with Crippen LogP contribution in [0, 0.1) is 0 Å². The number of benzene rings is 2. The van der Waals surface area contributed by atoms with Crippen LogP contribution in [0.15, 0.2) is 53.4 Å². The number of halogens is 1. The summed E-state index contributed by atoms with van der Waals surface area (Å²) in [5, 5.41) is 2.95. The van der Waals surface area contributed by atoms with Crippen LogP contribution in [0.3, 0.4) is 0 Å². The Morgan fingerprint density at radius 1 is 1.03 bits per heavy atom. The number of nitrogens with zero attached hydrogens (tertiary/aromatic N) is 1. The van der Waals surface area contributed by atoms with Crippen molar-refractivity contribution in [2.24, 2.45) is 5.73 Å². The number of hydrogen-bond acceptors (Lipinski definition) is 5. The van der Waals surface area contributed by atoms with Crippen LogP contribution in [0.25, 0.3) is 0 Å². The maximum absolute atomic E-state index is 12.7. The van der Waals surface area contributed by atoms with Crippen molar-refractivity contribution in [2.75, 3.05) is 13.1 Å². The molecule has 1 atom stereocenters. The van der Waals surface area contributed by atoms with Crippen molar-refractivity contribution < 1.29 is 22.8 Å². The molecule has 4 amide bonds. The standard InChI is InChI=1S/C21H26ClN5O5S/c1-3-27(4-2)33(31,32)17-7-5-6-15(12-17)20(29)26-25-19(28)13-18(24-21(23)30)14-8-10-16(22)11-9-14/h5-12,18H,3-4,13H2,1-2H3,(H,25,28)(H,26,29)(H3,23,24,30)/t18-/m0/s1. The van der Waals surface area contributed by atoms with Gasteiger partial charge in [-0.1, -0.05) is 43.6 Å². The lowest BCUT2D eigenvalue weighted by Crippen LogP contribution is -2.44. The molecule has 0 radical (unpaired) electrons. The molecule has 5 N–H and O–H groups in total. The van der Waals surface area contributed by atoms with Gasteiger partial charge in [-0.05, 0) is 35.9 Å². The Bertz CT molecular complexity index is 1100. The van der Waals surface area contributed by atoms with Gasteiger partial charge in [0.05, 0.1) is 17.4 Å². The van der Waals surface area contributed by atoms with Crippen LogP contribution >= 0.6 is 11.6 Å². The summed E-state index contributed by atoms with van der Waals surface area (Å²) >= 11 is 5.86. The van der Waals surface area contributed by atoms with Crippen LogP contribution in [0.2, 0.25) is 5.02 Å².